The highest BCUT2D eigenvalue weighted by molar-refractivity contribution is 5.85. The van der Waals surface area contributed by atoms with Gasteiger partial charge >= 0.3 is 0 Å². The van der Waals surface area contributed by atoms with Crippen molar-refractivity contribution in [1.29, 1.82) is 0 Å². The summed E-state index contributed by atoms with van der Waals surface area (Å²) in [4.78, 5) is 22.7. The average molecular weight is 244 g/mol. The SMILES string of the molecule is CCCC(C)(CC)C(=O)COCNC(=O)CN. The molecule has 0 aliphatic rings. The lowest BCUT2D eigenvalue weighted by atomic mass is 9.79. The van der Waals surface area contributed by atoms with Crippen molar-refractivity contribution < 1.29 is 14.3 Å². The molecule has 0 aliphatic heterocycles. The molecule has 0 spiro atoms. The van der Waals surface area contributed by atoms with Crippen LogP contribution in [-0.2, 0) is 14.3 Å². The maximum Gasteiger partial charge on any atom is 0.235 e. The van der Waals surface area contributed by atoms with Gasteiger partial charge in [0.05, 0.1) is 6.54 Å². The van der Waals surface area contributed by atoms with Crippen LogP contribution in [0.4, 0.5) is 0 Å². The maximum atomic E-state index is 11.9. The molecule has 0 aromatic rings. The summed E-state index contributed by atoms with van der Waals surface area (Å²) in [6.07, 6.45) is 2.64. The molecule has 0 aliphatic carbocycles. The molecule has 1 amide bonds. The van der Waals surface area contributed by atoms with E-state index in [4.69, 9.17) is 10.5 Å². The topological polar surface area (TPSA) is 81.4 Å². The highest BCUT2D eigenvalue weighted by atomic mass is 16.5. The van der Waals surface area contributed by atoms with Crippen molar-refractivity contribution in [3.05, 3.63) is 0 Å². The van der Waals surface area contributed by atoms with Gasteiger partial charge < -0.3 is 15.8 Å². The number of carbonyl (C=O) groups excluding carboxylic acids is 2. The van der Waals surface area contributed by atoms with Crippen LogP contribution in [0, 0.1) is 5.41 Å². The summed E-state index contributed by atoms with van der Waals surface area (Å²) >= 11 is 0. The van der Waals surface area contributed by atoms with Gasteiger partial charge in [-0.2, -0.15) is 0 Å². The van der Waals surface area contributed by atoms with E-state index in [1.165, 1.54) is 0 Å². The van der Waals surface area contributed by atoms with Crippen LogP contribution >= 0.6 is 0 Å². The minimum Gasteiger partial charge on any atom is -0.353 e. The van der Waals surface area contributed by atoms with Crippen molar-refractivity contribution in [3.8, 4) is 0 Å². The average Bonchev–Trinajstić information content (AvgIpc) is 2.33. The number of amides is 1. The first kappa shape index (κ1) is 16.1. The van der Waals surface area contributed by atoms with Gasteiger partial charge in [-0.3, -0.25) is 9.59 Å². The van der Waals surface area contributed by atoms with E-state index in [2.05, 4.69) is 12.2 Å². The first-order valence-electron chi connectivity index (χ1n) is 6.08. The van der Waals surface area contributed by atoms with Crippen LogP contribution in [0.2, 0.25) is 0 Å². The Balaban J connectivity index is 3.95. The van der Waals surface area contributed by atoms with Crippen LogP contribution < -0.4 is 11.1 Å². The zero-order valence-electron chi connectivity index (χ0n) is 11.0. The molecule has 0 saturated carbocycles. The Labute approximate surface area is 103 Å². The van der Waals surface area contributed by atoms with E-state index >= 15 is 0 Å². The van der Waals surface area contributed by atoms with Gasteiger partial charge in [-0.25, -0.2) is 0 Å². The lowest BCUT2D eigenvalue weighted by Crippen LogP contribution is -2.35. The molecule has 1 unspecified atom stereocenters. The molecule has 0 fully saturated rings. The molecular weight excluding hydrogens is 220 g/mol. The molecule has 5 heteroatoms. The second kappa shape index (κ2) is 8.20. The smallest absolute Gasteiger partial charge is 0.235 e. The van der Waals surface area contributed by atoms with Crippen molar-refractivity contribution in [1.82, 2.24) is 5.32 Å². The molecule has 0 rings (SSSR count). The van der Waals surface area contributed by atoms with Gasteiger partial charge in [0, 0.05) is 5.41 Å². The van der Waals surface area contributed by atoms with E-state index in [9.17, 15) is 9.59 Å². The van der Waals surface area contributed by atoms with E-state index < -0.39 is 0 Å². The zero-order chi connectivity index (χ0) is 13.3. The van der Waals surface area contributed by atoms with Crippen molar-refractivity contribution in [2.45, 2.75) is 40.0 Å². The Hall–Kier alpha value is -0.940. The fourth-order valence-corrected chi connectivity index (χ4v) is 1.59. The number of nitrogens with one attached hydrogen (secondary N) is 1. The molecule has 5 nitrogen and oxygen atoms in total. The monoisotopic (exact) mass is 244 g/mol. The van der Waals surface area contributed by atoms with Crippen LogP contribution in [0.5, 0.6) is 0 Å². The van der Waals surface area contributed by atoms with Crippen molar-refractivity contribution in [2.75, 3.05) is 19.9 Å². The minimum absolute atomic E-state index is 0.0354. The quantitative estimate of drug-likeness (QED) is 0.465. The van der Waals surface area contributed by atoms with Crippen LogP contribution in [0.25, 0.3) is 0 Å². The van der Waals surface area contributed by atoms with Gasteiger partial charge in [-0.15, -0.1) is 0 Å². The number of Topliss-reactive ketones (excluding diaryl/α,β-unsaturated/α-hetero) is 1. The van der Waals surface area contributed by atoms with E-state index in [1.54, 1.807) is 0 Å². The fourth-order valence-electron chi connectivity index (χ4n) is 1.59. The first-order valence-corrected chi connectivity index (χ1v) is 6.08. The number of hydrogen-bond acceptors (Lipinski definition) is 4. The van der Waals surface area contributed by atoms with Gasteiger partial charge in [0.15, 0.2) is 5.78 Å². The highest BCUT2D eigenvalue weighted by Gasteiger charge is 2.29. The van der Waals surface area contributed by atoms with Gasteiger partial charge in [-0.05, 0) is 12.8 Å². The molecule has 0 radical (unpaired) electrons. The highest BCUT2D eigenvalue weighted by Crippen LogP contribution is 2.28. The Morgan fingerprint density at radius 1 is 1.35 bits per heavy atom. The zero-order valence-corrected chi connectivity index (χ0v) is 11.0. The minimum atomic E-state index is -0.313. The summed E-state index contributed by atoms with van der Waals surface area (Å²) in [5, 5.41) is 2.45. The van der Waals surface area contributed by atoms with E-state index in [0.29, 0.717) is 0 Å². The number of ketones is 1. The molecular formula is C12H24N2O3. The van der Waals surface area contributed by atoms with E-state index in [0.717, 1.165) is 19.3 Å². The summed E-state index contributed by atoms with van der Waals surface area (Å²) in [5.41, 5.74) is 4.80. The molecule has 0 saturated heterocycles. The molecule has 0 bridgehead atoms. The van der Waals surface area contributed by atoms with Crippen LogP contribution in [0.3, 0.4) is 0 Å². The van der Waals surface area contributed by atoms with Gasteiger partial charge in [0.1, 0.15) is 13.3 Å². The largest absolute Gasteiger partial charge is 0.353 e. The lowest BCUT2D eigenvalue weighted by Gasteiger charge is -2.25. The molecule has 17 heavy (non-hydrogen) atoms. The summed E-state index contributed by atoms with van der Waals surface area (Å²) in [7, 11) is 0. The van der Waals surface area contributed by atoms with E-state index in [1.807, 2.05) is 13.8 Å². The number of nitrogens with two attached hydrogens (primary N) is 1. The molecule has 1 atom stereocenters. The summed E-state index contributed by atoms with van der Waals surface area (Å²) < 4.78 is 5.13. The lowest BCUT2D eigenvalue weighted by molar-refractivity contribution is -0.135. The molecule has 100 valence electrons. The third-order valence-electron chi connectivity index (χ3n) is 3.05. The summed E-state index contributed by atoms with van der Waals surface area (Å²) in [6, 6.07) is 0. The first-order chi connectivity index (χ1) is 8.00. The Bertz CT molecular complexity index is 256. The predicted octanol–water partition coefficient (Wildman–Crippen LogP) is 0.821. The fraction of sp³-hybridized carbons (Fsp3) is 0.833. The van der Waals surface area contributed by atoms with Crippen molar-refractivity contribution in [3.63, 3.8) is 0 Å². The third-order valence-corrected chi connectivity index (χ3v) is 3.05. The van der Waals surface area contributed by atoms with Crippen LogP contribution in [0.1, 0.15) is 40.0 Å². The number of rotatable bonds is 9. The Morgan fingerprint density at radius 2 is 2.00 bits per heavy atom. The summed E-state index contributed by atoms with van der Waals surface area (Å²) in [6.45, 7) is 6.02. The van der Waals surface area contributed by atoms with Crippen LogP contribution in [0.15, 0.2) is 0 Å². The number of carbonyl (C=O) groups is 2. The van der Waals surface area contributed by atoms with Gasteiger partial charge in [0.2, 0.25) is 5.91 Å². The second-order valence-corrected chi connectivity index (χ2v) is 4.38. The Kier molecular flexibility index (Phi) is 7.74. The molecule has 0 heterocycles. The maximum absolute atomic E-state index is 11.9. The molecule has 3 N–H and O–H groups in total. The number of ether oxygens (including phenoxy) is 1. The van der Waals surface area contributed by atoms with Gasteiger partial charge in [0.25, 0.3) is 0 Å². The van der Waals surface area contributed by atoms with Crippen molar-refractivity contribution >= 4 is 11.7 Å². The standard InChI is InChI=1S/C12H24N2O3/c1-4-6-12(3,5-2)10(15)8-17-9-14-11(16)7-13/h4-9,13H2,1-3H3,(H,14,16). The predicted molar refractivity (Wildman–Crippen MR) is 66.3 cm³/mol. The Morgan fingerprint density at radius 3 is 2.47 bits per heavy atom. The van der Waals surface area contributed by atoms with E-state index in [-0.39, 0.29) is 37.0 Å². The molecule has 0 aromatic carbocycles. The normalized spacial score (nSPS) is 14.1. The van der Waals surface area contributed by atoms with Crippen LogP contribution in [-0.4, -0.2) is 31.6 Å². The van der Waals surface area contributed by atoms with Crippen molar-refractivity contribution in [2.24, 2.45) is 11.1 Å². The van der Waals surface area contributed by atoms with Gasteiger partial charge in [-0.1, -0.05) is 27.2 Å². The summed E-state index contributed by atoms with van der Waals surface area (Å²) in [5.74, 6) is -0.201. The molecule has 0 aromatic heterocycles. The number of hydrogen-bond donors (Lipinski definition) is 2. The second-order valence-electron chi connectivity index (χ2n) is 4.38. The third kappa shape index (κ3) is 5.79.